The van der Waals surface area contributed by atoms with Gasteiger partial charge < -0.3 is 15.2 Å². The molecular formula is C11H11ClN2O3. The number of fused-ring (bicyclic) bond motifs is 1. The van der Waals surface area contributed by atoms with Gasteiger partial charge in [-0.05, 0) is 29.5 Å². The van der Waals surface area contributed by atoms with E-state index in [9.17, 15) is 9.90 Å². The van der Waals surface area contributed by atoms with Crippen LogP contribution in [0.1, 0.15) is 5.56 Å². The van der Waals surface area contributed by atoms with Crippen LogP contribution in [0.15, 0.2) is 24.4 Å². The van der Waals surface area contributed by atoms with Crippen LogP contribution in [0.2, 0.25) is 0 Å². The van der Waals surface area contributed by atoms with E-state index in [0.29, 0.717) is 10.9 Å². The third-order valence-corrected chi connectivity index (χ3v) is 2.88. The second kappa shape index (κ2) is 4.65. The van der Waals surface area contributed by atoms with Crippen molar-refractivity contribution in [1.29, 1.82) is 0 Å². The summed E-state index contributed by atoms with van der Waals surface area (Å²) in [6, 6.07) is 4.19. The first-order valence-corrected chi connectivity index (χ1v) is 5.38. The highest BCUT2D eigenvalue weighted by molar-refractivity contribution is 6.14. The number of aromatic nitrogens is 1. The quantitative estimate of drug-likeness (QED) is 0.625. The molecule has 0 spiro atoms. The van der Waals surface area contributed by atoms with Crippen molar-refractivity contribution in [1.82, 2.24) is 9.82 Å². The highest BCUT2D eigenvalue weighted by Crippen LogP contribution is 2.28. The van der Waals surface area contributed by atoms with Crippen molar-refractivity contribution >= 4 is 28.6 Å². The molecule has 5 nitrogen and oxygen atoms in total. The number of benzene rings is 1. The molecule has 17 heavy (non-hydrogen) atoms. The van der Waals surface area contributed by atoms with Gasteiger partial charge in [-0.2, -0.15) is 0 Å². The van der Waals surface area contributed by atoms with Crippen LogP contribution in [-0.4, -0.2) is 27.2 Å². The fourth-order valence-electron chi connectivity index (χ4n) is 1.79. The second-order valence-corrected chi connectivity index (χ2v) is 3.94. The molecule has 4 N–H and O–H groups in total. The third kappa shape index (κ3) is 2.20. The van der Waals surface area contributed by atoms with Crippen molar-refractivity contribution in [3.05, 3.63) is 30.0 Å². The molecule has 0 aliphatic rings. The van der Waals surface area contributed by atoms with E-state index in [1.54, 1.807) is 18.3 Å². The summed E-state index contributed by atoms with van der Waals surface area (Å²) < 4.78 is 0. The van der Waals surface area contributed by atoms with Crippen LogP contribution >= 0.6 is 11.8 Å². The van der Waals surface area contributed by atoms with Crippen molar-refractivity contribution in [2.45, 2.75) is 12.5 Å². The minimum Gasteiger partial charge on any atom is -0.507 e. The number of phenolic OH excluding ortho intramolecular Hbond substituents is 1. The van der Waals surface area contributed by atoms with Crippen LogP contribution in [0, 0.1) is 0 Å². The number of hydrogen-bond donors (Lipinski definition) is 4. The molecule has 1 aromatic heterocycles. The average molecular weight is 255 g/mol. The van der Waals surface area contributed by atoms with E-state index in [1.165, 1.54) is 0 Å². The van der Waals surface area contributed by atoms with Gasteiger partial charge in [-0.25, -0.2) is 4.84 Å². The predicted molar refractivity (Wildman–Crippen MR) is 64.1 cm³/mol. The molecule has 1 heterocycles. The Kier molecular flexibility index (Phi) is 3.21. The van der Waals surface area contributed by atoms with Crippen molar-refractivity contribution < 1.29 is 15.0 Å². The molecule has 2 aromatic rings. The monoisotopic (exact) mass is 254 g/mol. The summed E-state index contributed by atoms with van der Waals surface area (Å²) in [4.78, 5) is 16.0. The number of carboxylic acids is 1. The number of nitrogens with one attached hydrogen (secondary N) is 2. The summed E-state index contributed by atoms with van der Waals surface area (Å²) in [5.41, 5.74) is 1.47. The number of aromatic hydroxyl groups is 1. The molecule has 0 aliphatic heterocycles. The summed E-state index contributed by atoms with van der Waals surface area (Å²) >= 11 is 5.37. The number of carbonyl (C=O) groups is 1. The number of halogens is 1. The average Bonchev–Trinajstić information content (AvgIpc) is 2.70. The SMILES string of the molecule is O=C(O)[C@H](Cc1c[nH]c2cccc(O)c12)NCl. The van der Waals surface area contributed by atoms with Crippen molar-refractivity contribution in [3.8, 4) is 5.75 Å². The number of rotatable bonds is 4. The normalized spacial score (nSPS) is 12.8. The van der Waals surface area contributed by atoms with Crippen molar-refractivity contribution in [3.63, 3.8) is 0 Å². The minimum absolute atomic E-state index is 0.123. The molecule has 0 fully saturated rings. The lowest BCUT2D eigenvalue weighted by molar-refractivity contribution is -0.138. The first kappa shape index (κ1) is 11.8. The van der Waals surface area contributed by atoms with Gasteiger partial charge in [0.15, 0.2) is 0 Å². The first-order chi connectivity index (χ1) is 8.13. The van der Waals surface area contributed by atoms with Gasteiger partial charge in [-0.1, -0.05) is 6.07 Å². The Morgan fingerprint density at radius 2 is 2.29 bits per heavy atom. The number of H-pyrrole nitrogens is 1. The number of aliphatic carboxylic acids is 1. The van der Waals surface area contributed by atoms with Crippen LogP contribution in [-0.2, 0) is 11.2 Å². The second-order valence-electron chi connectivity index (χ2n) is 3.72. The maximum atomic E-state index is 10.9. The van der Waals surface area contributed by atoms with Gasteiger partial charge in [0.25, 0.3) is 0 Å². The predicted octanol–water partition coefficient (Wildman–Crippen LogP) is 1.61. The molecule has 0 unspecified atom stereocenters. The largest absolute Gasteiger partial charge is 0.507 e. The minimum atomic E-state index is -1.04. The topological polar surface area (TPSA) is 85.3 Å². The Balaban J connectivity index is 2.39. The van der Waals surface area contributed by atoms with Gasteiger partial charge >= 0.3 is 5.97 Å². The lowest BCUT2D eigenvalue weighted by Crippen LogP contribution is -2.32. The van der Waals surface area contributed by atoms with E-state index in [1.807, 2.05) is 6.07 Å². The lowest BCUT2D eigenvalue weighted by atomic mass is 10.1. The fraction of sp³-hybridized carbons (Fsp3) is 0.182. The Morgan fingerprint density at radius 1 is 1.53 bits per heavy atom. The molecule has 0 aliphatic carbocycles. The van der Waals surface area contributed by atoms with Crippen LogP contribution < -0.4 is 4.84 Å². The molecule has 0 saturated heterocycles. The Hall–Kier alpha value is -1.72. The van der Waals surface area contributed by atoms with Gasteiger partial charge in [-0.3, -0.25) is 4.79 Å². The smallest absolute Gasteiger partial charge is 0.322 e. The van der Waals surface area contributed by atoms with E-state index in [-0.39, 0.29) is 12.2 Å². The molecule has 1 atom stereocenters. The number of phenols is 1. The Bertz CT molecular complexity index is 553. The number of carboxylic acid groups (broad SMARTS) is 1. The summed E-state index contributed by atoms with van der Waals surface area (Å²) in [5, 5.41) is 19.3. The van der Waals surface area contributed by atoms with Crippen LogP contribution in [0.4, 0.5) is 0 Å². The van der Waals surface area contributed by atoms with Gasteiger partial charge in [0.2, 0.25) is 0 Å². The highest BCUT2D eigenvalue weighted by atomic mass is 35.5. The molecule has 0 amide bonds. The number of hydrogen-bond acceptors (Lipinski definition) is 3. The van der Waals surface area contributed by atoms with Gasteiger partial charge in [0, 0.05) is 23.5 Å². The number of aromatic amines is 1. The van der Waals surface area contributed by atoms with Crippen LogP contribution in [0.3, 0.4) is 0 Å². The Labute approximate surface area is 102 Å². The maximum Gasteiger partial charge on any atom is 0.322 e. The molecule has 2 rings (SSSR count). The fourth-order valence-corrected chi connectivity index (χ4v) is 1.96. The summed E-state index contributed by atoms with van der Waals surface area (Å²) in [6.45, 7) is 0. The van der Waals surface area contributed by atoms with Crippen LogP contribution in [0.5, 0.6) is 5.75 Å². The molecule has 0 bridgehead atoms. The maximum absolute atomic E-state index is 10.9. The zero-order valence-corrected chi connectivity index (χ0v) is 9.53. The Morgan fingerprint density at radius 3 is 2.94 bits per heavy atom. The van der Waals surface area contributed by atoms with E-state index in [2.05, 4.69) is 9.82 Å². The molecule has 6 heteroatoms. The molecule has 0 radical (unpaired) electrons. The zero-order chi connectivity index (χ0) is 12.4. The molecular weight excluding hydrogens is 244 g/mol. The first-order valence-electron chi connectivity index (χ1n) is 5.00. The molecule has 0 saturated carbocycles. The van der Waals surface area contributed by atoms with Gasteiger partial charge in [-0.15, -0.1) is 0 Å². The lowest BCUT2D eigenvalue weighted by Gasteiger charge is -2.08. The molecule has 90 valence electrons. The summed E-state index contributed by atoms with van der Waals surface area (Å²) in [5.74, 6) is -0.915. The summed E-state index contributed by atoms with van der Waals surface area (Å²) in [7, 11) is 0. The van der Waals surface area contributed by atoms with Gasteiger partial charge in [0.1, 0.15) is 11.8 Å². The summed E-state index contributed by atoms with van der Waals surface area (Å²) in [6.07, 6.45) is 1.87. The van der Waals surface area contributed by atoms with E-state index >= 15 is 0 Å². The van der Waals surface area contributed by atoms with E-state index in [0.717, 1.165) is 5.52 Å². The zero-order valence-electron chi connectivity index (χ0n) is 8.77. The van der Waals surface area contributed by atoms with Gasteiger partial charge in [0.05, 0.1) is 0 Å². The van der Waals surface area contributed by atoms with Crippen molar-refractivity contribution in [2.75, 3.05) is 0 Å². The van der Waals surface area contributed by atoms with Crippen molar-refractivity contribution in [2.24, 2.45) is 0 Å². The van der Waals surface area contributed by atoms with Crippen LogP contribution in [0.25, 0.3) is 10.9 Å². The standard InChI is InChI=1S/C11H11ClN2O3/c12-14-8(11(16)17)4-6-5-13-7-2-1-3-9(15)10(6)7/h1-3,5,8,13-15H,4H2,(H,16,17)/t8-/m0/s1. The van der Waals surface area contributed by atoms with E-state index < -0.39 is 12.0 Å². The third-order valence-electron chi connectivity index (χ3n) is 2.62. The highest BCUT2D eigenvalue weighted by Gasteiger charge is 2.19. The molecule has 1 aromatic carbocycles. The van der Waals surface area contributed by atoms with E-state index in [4.69, 9.17) is 16.9 Å².